The van der Waals surface area contributed by atoms with Crippen LogP contribution >= 0.6 is 0 Å². The van der Waals surface area contributed by atoms with Crippen LogP contribution in [0.2, 0.25) is 0 Å². The lowest BCUT2D eigenvalue weighted by atomic mass is 9.87. The molecule has 1 unspecified atom stereocenters. The Balaban J connectivity index is 1.71. The van der Waals surface area contributed by atoms with Gasteiger partial charge in [0.2, 0.25) is 0 Å². The molecular formula is C16H32N2O. The zero-order chi connectivity index (χ0) is 13.5. The van der Waals surface area contributed by atoms with Gasteiger partial charge < -0.3 is 15.0 Å². The smallest absolute Gasteiger partial charge is 0.0502 e. The van der Waals surface area contributed by atoms with Crippen molar-refractivity contribution in [1.29, 1.82) is 0 Å². The van der Waals surface area contributed by atoms with E-state index in [-0.39, 0.29) is 0 Å². The number of rotatable bonds is 6. The van der Waals surface area contributed by atoms with Gasteiger partial charge in [-0.3, -0.25) is 0 Å². The second-order valence-corrected chi connectivity index (χ2v) is 6.42. The van der Waals surface area contributed by atoms with Crippen LogP contribution in [0.4, 0.5) is 0 Å². The van der Waals surface area contributed by atoms with Gasteiger partial charge in [0.15, 0.2) is 0 Å². The molecule has 3 nitrogen and oxygen atoms in total. The van der Waals surface area contributed by atoms with Gasteiger partial charge in [-0.2, -0.15) is 0 Å². The van der Waals surface area contributed by atoms with Crippen molar-refractivity contribution in [3.63, 3.8) is 0 Å². The fourth-order valence-corrected chi connectivity index (χ4v) is 3.79. The normalized spacial score (nSPS) is 33.5. The van der Waals surface area contributed by atoms with Gasteiger partial charge in [0.1, 0.15) is 0 Å². The molecule has 0 radical (unpaired) electrons. The van der Waals surface area contributed by atoms with E-state index in [1.54, 1.807) is 0 Å². The number of likely N-dealkylation sites (tertiary alicyclic amines) is 1. The Morgan fingerprint density at radius 3 is 2.63 bits per heavy atom. The van der Waals surface area contributed by atoms with Crippen molar-refractivity contribution < 1.29 is 4.74 Å². The number of nitrogens with zero attached hydrogens (tertiary/aromatic N) is 1. The summed E-state index contributed by atoms with van der Waals surface area (Å²) in [6, 6.07) is 1.63. The fraction of sp³-hybridized carbons (Fsp3) is 1.00. The molecule has 0 aromatic rings. The molecule has 1 saturated carbocycles. The van der Waals surface area contributed by atoms with E-state index in [9.17, 15) is 0 Å². The summed E-state index contributed by atoms with van der Waals surface area (Å²) in [5.74, 6) is 0.773. The molecule has 1 atom stereocenters. The van der Waals surface area contributed by atoms with Gasteiger partial charge in [-0.1, -0.05) is 6.92 Å². The largest absolute Gasteiger partial charge is 0.384 e. The molecule has 1 aliphatic carbocycles. The zero-order valence-electron chi connectivity index (χ0n) is 12.9. The Kier molecular flexibility index (Phi) is 6.62. The van der Waals surface area contributed by atoms with Crippen LogP contribution in [0.25, 0.3) is 0 Å². The molecule has 19 heavy (non-hydrogen) atoms. The van der Waals surface area contributed by atoms with E-state index >= 15 is 0 Å². The highest BCUT2D eigenvalue weighted by atomic mass is 16.5. The minimum absolute atomic E-state index is 0.773. The number of nitrogens with one attached hydrogen (secondary N) is 1. The van der Waals surface area contributed by atoms with Crippen molar-refractivity contribution in [1.82, 2.24) is 10.2 Å². The van der Waals surface area contributed by atoms with E-state index in [1.807, 2.05) is 7.11 Å². The van der Waals surface area contributed by atoms with E-state index in [0.29, 0.717) is 0 Å². The summed E-state index contributed by atoms with van der Waals surface area (Å²) >= 11 is 0. The summed E-state index contributed by atoms with van der Waals surface area (Å²) in [5.41, 5.74) is 0. The van der Waals surface area contributed by atoms with Gasteiger partial charge in [-0.15, -0.1) is 0 Å². The summed E-state index contributed by atoms with van der Waals surface area (Å²) < 4.78 is 5.34. The van der Waals surface area contributed by atoms with Gasteiger partial charge in [-0.25, -0.2) is 0 Å². The average Bonchev–Trinajstić information content (AvgIpc) is 2.46. The molecule has 112 valence electrons. The lowest BCUT2D eigenvalue weighted by Gasteiger charge is -2.41. The highest BCUT2D eigenvalue weighted by molar-refractivity contribution is 4.85. The van der Waals surface area contributed by atoms with Gasteiger partial charge >= 0.3 is 0 Å². The quantitative estimate of drug-likeness (QED) is 0.801. The number of methoxy groups -OCH3 is 1. The monoisotopic (exact) mass is 268 g/mol. The van der Waals surface area contributed by atoms with Crippen LogP contribution in [-0.4, -0.2) is 50.3 Å². The van der Waals surface area contributed by atoms with E-state index in [1.165, 1.54) is 64.6 Å². The van der Waals surface area contributed by atoms with E-state index in [2.05, 4.69) is 17.1 Å². The number of hydrogen-bond acceptors (Lipinski definition) is 3. The molecule has 0 spiro atoms. The Morgan fingerprint density at radius 2 is 1.95 bits per heavy atom. The number of piperidine rings is 1. The first-order valence-corrected chi connectivity index (χ1v) is 8.29. The summed E-state index contributed by atoms with van der Waals surface area (Å²) in [6.45, 7) is 6.98. The maximum atomic E-state index is 5.34. The van der Waals surface area contributed by atoms with Crippen molar-refractivity contribution in [2.24, 2.45) is 5.92 Å². The SMILES string of the molecule is CCCNC1CCC(N2CCCC(COC)C2)CC1. The average molecular weight is 268 g/mol. The molecule has 0 bridgehead atoms. The van der Waals surface area contributed by atoms with Gasteiger partial charge in [0.25, 0.3) is 0 Å². The van der Waals surface area contributed by atoms with Crippen molar-refractivity contribution in [2.75, 3.05) is 33.4 Å². The van der Waals surface area contributed by atoms with Gasteiger partial charge in [0.05, 0.1) is 6.61 Å². The molecule has 1 aliphatic heterocycles. The van der Waals surface area contributed by atoms with Crippen LogP contribution in [0.15, 0.2) is 0 Å². The molecule has 0 aromatic heterocycles. The third kappa shape index (κ3) is 4.73. The lowest BCUT2D eigenvalue weighted by molar-refractivity contribution is 0.0537. The molecule has 1 heterocycles. The Bertz CT molecular complexity index is 237. The van der Waals surface area contributed by atoms with Crippen molar-refractivity contribution >= 4 is 0 Å². The van der Waals surface area contributed by atoms with Crippen molar-refractivity contribution in [2.45, 2.75) is 64.0 Å². The third-order valence-corrected chi connectivity index (χ3v) is 4.85. The molecule has 2 rings (SSSR count). The maximum Gasteiger partial charge on any atom is 0.0502 e. The zero-order valence-corrected chi connectivity index (χ0v) is 12.9. The Labute approximate surface area is 119 Å². The van der Waals surface area contributed by atoms with E-state index in [4.69, 9.17) is 4.74 Å². The van der Waals surface area contributed by atoms with Crippen LogP contribution < -0.4 is 5.32 Å². The minimum Gasteiger partial charge on any atom is -0.384 e. The van der Waals surface area contributed by atoms with Crippen LogP contribution in [-0.2, 0) is 4.74 Å². The molecule has 0 amide bonds. The predicted octanol–water partition coefficient (Wildman–Crippen LogP) is 2.66. The number of hydrogen-bond donors (Lipinski definition) is 1. The third-order valence-electron chi connectivity index (χ3n) is 4.85. The predicted molar refractivity (Wildman–Crippen MR) is 80.5 cm³/mol. The van der Waals surface area contributed by atoms with Crippen LogP contribution in [0, 0.1) is 5.92 Å². The lowest BCUT2D eigenvalue weighted by Crippen LogP contribution is -2.47. The second kappa shape index (κ2) is 8.23. The number of ether oxygens (including phenoxy) is 1. The molecule has 3 heteroatoms. The van der Waals surface area contributed by atoms with Gasteiger partial charge in [-0.05, 0) is 64.0 Å². The standard InChI is InChI=1S/C16H32N2O/c1-3-10-17-15-6-8-16(9-7-15)18-11-4-5-14(12-18)13-19-2/h14-17H,3-13H2,1-2H3. The molecule has 2 fully saturated rings. The summed E-state index contributed by atoms with van der Waals surface area (Å²) in [7, 11) is 1.84. The summed E-state index contributed by atoms with van der Waals surface area (Å²) in [6.07, 6.45) is 9.50. The van der Waals surface area contributed by atoms with Gasteiger partial charge in [0, 0.05) is 25.7 Å². The maximum absolute atomic E-state index is 5.34. The molecular weight excluding hydrogens is 236 g/mol. The molecule has 1 saturated heterocycles. The van der Waals surface area contributed by atoms with Crippen molar-refractivity contribution in [3.8, 4) is 0 Å². The first kappa shape index (κ1) is 15.3. The van der Waals surface area contributed by atoms with Crippen LogP contribution in [0.1, 0.15) is 51.9 Å². The molecule has 0 aromatic carbocycles. The Morgan fingerprint density at radius 1 is 1.16 bits per heavy atom. The molecule has 2 aliphatic rings. The van der Waals surface area contributed by atoms with E-state index < -0.39 is 0 Å². The second-order valence-electron chi connectivity index (χ2n) is 6.42. The summed E-state index contributed by atoms with van der Waals surface area (Å²) in [4.78, 5) is 2.75. The fourth-order valence-electron chi connectivity index (χ4n) is 3.79. The van der Waals surface area contributed by atoms with Crippen molar-refractivity contribution in [3.05, 3.63) is 0 Å². The van der Waals surface area contributed by atoms with E-state index in [0.717, 1.165) is 24.6 Å². The highest BCUT2D eigenvalue weighted by Gasteiger charge is 2.29. The first-order valence-electron chi connectivity index (χ1n) is 8.29. The topological polar surface area (TPSA) is 24.5 Å². The molecule has 1 N–H and O–H groups in total. The van der Waals surface area contributed by atoms with Crippen LogP contribution in [0.3, 0.4) is 0 Å². The minimum atomic E-state index is 0.773. The van der Waals surface area contributed by atoms with Crippen LogP contribution in [0.5, 0.6) is 0 Å². The first-order chi connectivity index (χ1) is 9.33. The Hall–Kier alpha value is -0.120. The summed E-state index contributed by atoms with van der Waals surface area (Å²) in [5, 5.41) is 3.69. The highest BCUT2D eigenvalue weighted by Crippen LogP contribution is 2.27.